The van der Waals surface area contributed by atoms with Gasteiger partial charge in [-0.1, -0.05) is 60.1 Å². The van der Waals surface area contributed by atoms with Crippen LogP contribution in [0.3, 0.4) is 0 Å². The third-order valence-corrected chi connectivity index (χ3v) is 3.33. The fourth-order valence-corrected chi connectivity index (χ4v) is 2.12. The fraction of sp³-hybridized carbons (Fsp3) is 0.250. The van der Waals surface area contributed by atoms with E-state index < -0.39 is 0 Å². The van der Waals surface area contributed by atoms with Gasteiger partial charge in [-0.15, -0.1) is 0 Å². The van der Waals surface area contributed by atoms with Crippen LogP contribution < -0.4 is 5.32 Å². The fourth-order valence-electron chi connectivity index (χ4n) is 1.93. The minimum Gasteiger partial charge on any atom is -0.367 e. The van der Waals surface area contributed by atoms with Crippen molar-refractivity contribution in [3.05, 3.63) is 70.7 Å². The summed E-state index contributed by atoms with van der Waals surface area (Å²) in [5.41, 5.74) is 2.19. The largest absolute Gasteiger partial charge is 0.367 e. The Morgan fingerprint density at radius 3 is 2.42 bits per heavy atom. The van der Waals surface area contributed by atoms with E-state index in [1.165, 1.54) is 5.56 Å². The summed E-state index contributed by atoms with van der Waals surface area (Å²) in [5.74, 6) is 0. The first-order valence-corrected chi connectivity index (χ1v) is 6.73. The lowest BCUT2D eigenvalue weighted by Gasteiger charge is -2.18. The van der Waals surface area contributed by atoms with Gasteiger partial charge in [0.1, 0.15) is 0 Å². The Balaban J connectivity index is 2.04. The Kier molecular flexibility index (Phi) is 5.40. The highest BCUT2D eigenvalue weighted by atomic mass is 35.5. The highest BCUT2D eigenvalue weighted by molar-refractivity contribution is 6.31. The number of benzene rings is 2. The van der Waals surface area contributed by atoms with Crippen LogP contribution in [-0.2, 0) is 11.3 Å². The van der Waals surface area contributed by atoms with Crippen molar-refractivity contribution >= 4 is 11.6 Å². The maximum Gasteiger partial charge on any atom is 0.0953 e. The molecular formula is C16H18ClNO. The van der Waals surface area contributed by atoms with Crippen molar-refractivity contribution in [2.45, 2.75) is 12.7 Å². The van der Waals surface area contributed by atoms with E-state index in [0.717, 1.165) is 17.1 Å². The van der Waals surface area contributed by atoms with Crippen molar-refractivity contribution < 1.29 is 4.74 Å². The molecule has 0 saturated carbocycles. The van der Waals surface area contributed by atoms with Crippen LogP contribution in [-0.4, -0.2) is 13.6 Å². The Bertz CT molecular complexity index is 501. The molecule has 2 aromatic rings. The van der Waals surface area contributed by atoms with Crippen LogP contribution in [0.2, 0.25) is 5.02 Å². The van der Waals surface area contributed by atoms with Crippen LogP contribution in [0, 0.1) is 0 Å². The van der Waals surface area contributed by atoms with E-state index in [0.29, 0.717) is 6.61 Å². The van der Waals surface area contributed by atoms with Crippen LogP contribution in [0.4, 0.5) is 0 Å². The monoisotopic (exact) mass is 275 g/mol. The zero-order valence-corrected chi connectivity index (χ0v) is 11.7. The second-order valence-corrected chi connectivity index (χ2v) is 4.77. The van der Waals surface area contributed by atoms with Gasteiger partial charge in [0.2, 0.25) is 0 Å². The highest BCUT2D eigenvalue weighted by Gasteiger charge is 2.11. The lowest BCUT2D eigenvalue weighted by Crippen LogP contribution is -2.19. The molecule has 1 N–H and O–H groups in total. The molecule has 2 aromatic carbocycles. The first kappa shape index (κ1) is 14.1. The molecule has 0 radical (unpaired) electrons. The Morgan fingerprint density at radius 2 is 1.74 bits per heavy atom. The quantitative estimate of drug-likeness (QED) is 0.865. The summed E-state index contributed by atoms with van der Waals surface area (Å²) in [5, 5.41) is 3.91. The number of likely N-dealkylation sites (N-methyl/N-ethyl adjacent to an activating group) is 1. The third-order valence-electron chi connectivity index (χ3n) is 2.96. The predicted octanol–water partition coefficient (Wildman–Crippen LogP) is 3.82. The predicted molar refractivity (Wildman–Crippen MR) is 79.4 cm³/mol. The molecule has 1 unspecified atom stereocenters. The van der Waals surface area contributed by atoms with Crippen molar-refractivity contribution in [2.24, 2.45) is 0 Å². The summed E-state index contributed by atoms with van der Waals surface area (Å²) in [6, 6.07) is 18.0. The zero-order chi connectivity index (χ0) is 13.5. The number of halogens is 1. The summed E-state index contributed by atoms with van der Waals surface area (Å²) < 4.78 is 5.99. The van der Waals surface area contributed by atoms with Crippen molar-refractivity contribution in [2.75, 3.05) is 13.6 Å². The molecular weight excluding hydrogens is 258 g/mol. The SMILES string of the molecule is CNCC(OCc1ccccc1Cl)c1ccccc1. The molecule has 3 heteroatoms. The molecule has 0 fully saturated rings. The van der Waals surface area contributed by atoms with E-state index >= 15 is 0 Å². The molecule has 0 saturated heterocycles. The van der Waals surface area contributed by atoms with Crippen molar-refractivity contribution in [1.82, 2.24) is 5.32 Å². The first-order chi connectivity index (χ1) is 9.31. The standard InChI is InChI=1S/C16H18ClNO/c1-18-11-16(13-7-3-2-4-8-13)19-12-14-9-5-6-10-15(14)17/h2-10,16,18H,11-12H2,1H3. The van der Waals surface area contributed by atoms with Crippen molar-refractivity contribution in [3.8, 4) is 0 Å². The Hall–Kier alpha value is -1.35. The minimum atomic E-state index is 0.0301. The third kappa shape index (κ3) is 4.06. The molecule has 0 bridgehead atoms. The summed E-state index contributed by atoms with van der Waals surface area (Å²) >= 11 is 6.14. The number of hydrogen-bond acceptors (Lipinski definition) is 2. The second kappa shape index (κ2) is 7.29. The van der Waals surface area contributed by atoms with E-state index in [2.05, 4.69) is 17.4 Å². The van der Waals surface area contributed by atoms with Crippen molar-refractivity contribution in [3.63, 3.8) is 0 Å². The van der Waals surface area contributed by atoms with Crippen LogP contribution in [0.25, 0.3) is 0 Å². The molecule has 1 atom stereocenters. The number of ether oxygens (including phenoxy) is 1. The van der Waals surface area contributed by atoms with Gasteiger partial charge in [-0.2, -0.15) is 0 Å². The maximum absolute atomic E-state index is 6.14. The molecule has 0 spiro atoms. The normalized spacial score (nSPS) is 12.3. The first-order valence-electron chi connectivity index (χ1n) is 6.36. The smallest absolute Gasteiger partial charge is 0.0953 e. The maximum atomic E-state index is 6.14. The van der Waals surface area contributed by atoms with Crippen molar-refractivity contribution in [1.29, 1.82) is 0 Å². The minimum absolute atomic E-state index is 0.0301. The van der Waals surface area contributed by atoms with Crippen LogP contribution in [0.15, 0.2) is 54.6 Å². The van der Waals surface area contributed by atoms with Gasteiger partial charge < -0.3 is 10.1 Å². The van der Waals surface area contributed by atoms with Gasteiger partial charge in [0.05, 0.1) is 12.7 Å². The van der Waals surface area contributed by atoms with Crippen LogP contribution >= 0.6 is 11.6 Å². The molecule has 0 aromatic heterocycles. The van der Waals surface area contributed by atoms with Gasteiger partial charge in [-0.3, -0.25) is 0 Å². The number of hydrogen-bond donors (Lipinski definition) is 1. The topological polar surface area (TPSA) is 21.3 Å². The van der Waals surface area contributed by atoms with E-state index in [1.807, 2.05) is 49.5 Å². The van der Waals surface area contributed by atoms with Crippen LogP contribution in [0.1, 0.15) is 17.2 Å². The molecule has 0 heterocycles. The molecule has 0 aliphatic heterocycles. The average molecular weight is 276 g/mol. The van der Waals surface area contributed by atoms with Crippen LogP contribution in [0.5, 0.6) is 0 Å². The van der Waals surface area contributed by atoms with Gasteiger partial charge in [-0.05, 0) is 24.2 Å². The molecule has 0 aliphatic rings. The zero-order valence-electron chi connectivity index (χ0n) is 11.0. The molecule has 100 valence electrons. The van der Waals surface area contributed by atoms with E-state index in [9.17, 15) is 0 Å². The Labute approximate surface area is 119 Å². The molecule has 2 nitrogen and oxygen atoms in total. The lowest BCUT2D eigenvalue weighted by atomic mass is 10.1. The molecule has 0 amide bonds. The Morgan fingerprint density at radius 1 is 1.05 bits per heavy atom. The van der Waals surface area contributed by atoms with E-state index in [4.69, 9.17) is 16.3 Å². The summed E-state index contributed by atoms with van der Waals surface area (Å²) in [7, 11) is 1.93. The lowest BCUT2D eigenvalue weighted by molar-refractivity contribution is 0.0411. The molecule has 2 rings (SSSR count). The van der Waals surface area contributed by atoms with E-state index in [1.54, 1.807) is 0 Å². The summed E-state index contributed by atoms with van der Waals surface area (Å²) in [6.07, 6.45) is 0.0301. The molecule has 0 aliphatic carbocycles. The van der Waals surface area contributed by atoms with Gasteiger partial charge in [0, 0.05) is 11.6 Å². The highest BCUT2D eigenvalue weighted by Crippen LogP contribution is 2.21. The summed E-state index contributed by atoms with van der Waals surface area (Å²) in [4.78, 5) is 0. The van der Waals surface area contributed by atoms with E-state index in [-0.39, 0.29) is 6.10 Å². The van der Waals surface area contributed by atoms with Gasteiger partial charge in [-0.25, -0.2) is 0 Å². The number of rotatable bonds is 6. The van der Waals surface area contributed by atoms with Gasteiger partial charge in [0.15, 0.2) is 0 Å². The van der Waals surface area contributed by atoms with Gasteiger partial charge in [0.25, 0.3) is 0 Å². The number of nitrogens with one attached hydrogen (secondary N) is 1. The summed E-state index contributed by atoms with van der Waals surface area (Å²) in [6.45, 7) is 1.29. The average Bonchev–Trinajstić information content (AvgIpc) is 2.46. The van der Waals surface area contributed by atoms with Gasteiger partial charge >= 0.3 is 0 Å². The second-order valence-electron chi connectivity index (χ2n) is 4.36. The molecule has 19 heavy (non-hydrogen) atoms.